The Hall–Kier alpha value is -5.04. The molecule has 36 heavy (non-hydrogen) atoms. The van der Waals surface area contributed by atoms with Crippen molar-refractivity contribution in [1.29, 1.82) is 0 Å². The molecule has 176 valence electrons. The van der Waals surface area contributed by atoms with Crippen LogP contribution in [0.1, 0.15) is 16.7 Å². The summed E-state index contributed by atoms with van der Waals surface area (Å²) in [7, 11) is 0. The van der Waals surface area contributed by atoms with Crippen LogP contribution in [0.5, 0.6) is 5.75 Å². The molecule has 1 aliphatic rings. The highest BCUT2D eigenvalue weighted by Gasteiger charge is 2.24. The van der Waals surface area contributed by atoms with Gasteiger partial charge in [0, 0.05) is 17.7 Å². The number of non-ortho nitro benzene ring substituents is 1. The van der Waals surface area contributed by atoms with Gasteiger partial charge in [-0.05, 0) is 52.6 Å². The topological polar surface area (TPSA) is 91.0 Å². The first kappa shape index (κ1) is 22.7. The molecule has 0 saturated heterocycles. The number of nitro benzene ring substituents is 1. The second-order valence-corrected chi connectivity index (χ2v) is 8.06. The number of esters is 1. The largest absolute Gasteiger partial charge is 0.489 e. The molecule has 4 aromatic rings. The SMILES string of the molecule is O=C1OC(c2ccc(-c3ccccc3)cc2)=N/C1=C\c1ccc(OCc2cccc([N+](=O)[O-])c2)cc1. The number of cyclic esters (lactones) is 1. The van der Waals surface area contributed by atoms with E-state index in [1.807, 2.05) is 54.6 Å². The highest BCUT2D eigenvalue weighted by atomic mass is 16.6. The lowest BCUT2D eigenvalue weighted by Crippen LogP contribution is -2.05. The third-order valence-corrected chi connectivity index (χ3v) is 5.57. The molecule has 5 rings (SSSR count). The van der Waals surface area contributed by atoms with Crippen molar-refractivity contribution in [2.75, 3.05) is 0 Å². The van der Waals surface area contributed by atoms with Crippen molar-refractivity contribution in [2.45, 2.75) is 6.61 Å². The molecule has 0 unspecified atom stereocenters. The van der Waals surface area contributed by atoms with Gasteiger partial charge in [-0.25, -0.2) is 9.79 Å². The third-order valence-electron chi connectivity index (χ3n) is 5.57. The van der Waals surface area contributed by atoms with Crippen LogP contribution in [0, 0.1) is 10.1 Å². The summed E-state index contributed by atoms with van der Waals surface area (Å²) in [6.45, 7) is 0.200. The zero-order valence-corrected chi connectivity index (χ0v) is 19.0. The number of ether oxygens (including phenoxy) is 2. The molecule has 7 nitrogen and oxygen atoms in total. The van der Waals surface area contributed by atoms with Crippen LogP contribution in [0.3, 0.4) is 0 Å². The number of nitrogens with zero attached hydrogens (tertiary/aromatic N) is 2. The van der Waals surface area contributed by atoms with Crippen molar-refractivity contribution < 1.29 is 19.2 Å². The first-order valence-electron chi connectivity index (χ1n) is 11.2. The normalized spacial score (nSPS) is 13.8. The van der Waals surface area contributed by atoms with E-state index in [4.69, 9.17) is 9.47 Å². The number of aliphatic imine (C=N–C) groups is 1. The molecular formula is C29H20N2O5. The highest BCUT2D eigenvalue weighted by molar-refractivity contribution is 6.13. The molecule has 4 aromatic carbocycles. The fourth-order valence-electron chi connectivity index (χ4n) is 3.71. The molecular weight excluding hydrogens is 456 g/mol. The molecule has 1 heterocycles. The van der Waals surface area contributed by atoms with Gasteiger partial charge in [-0.1, -0.05) is 66.7 Å². The van der Waals surface area contributed by atoms with Crippen LogP contribution in [0.2, 0.25) is 0 Å². The number of hydrogen-bond donors (Lipinski definition) is 0. The molecule has 0 aliphatic carbocycles. The summed E-state index contributed by atoms with van der Waals surface area (Å²) in [5.74, 6) is 0.353. The van der Waals surface area contributed by atoms with E-state index in [-0.39, 0.29) is 23.9 Å². The number of rotatable bonds is 7. The van der Waals surface area contributed by atoms with Crippen molar-refractivity contribution in [3.8, 4) is 16.9 Å². The standard InChI is InChI=1S/C29H20N2O5/c32-29-27(30-28(36-29)24-13-11-23(12-14-24)22-6-2-1-3-7-22)18-20-9-15-26(16-10-20)35-19-21-5-4-8-25(17-21)31(33)34/h1-18H,19H2/b27-18-. The molecule has 0 saturated carbocycles. The van der Waals surface area contributed by atoms with E-state index < -0.39 is 10.9 Å². The summed E-state index contributed by atoms with van der Waals surface area (Å²) >= 11 is 0. The van der Waals surface area contributed by atoms with Crippen molar-refractivity contribution in [1.82, 2.24) is 0 Å². The molecule has 0 amide bonds. The predicted molar refractivity (Wildman–Crippen MR) is 136 cm³/mol. The van der Waals surface area contributed by atoms with Crippen LogP contribution in [0.4, 0.5) is 5.69 Å². The Bertz CT molecular complexity index is 1470. The molecule has 0 N–H and O–H groups in total. The van der Waals surface area contributed by atoms with Crippen LogP contribution in [0.25, 0.3) is 17.2 Å². The number of hydrogen-bond acceptors (Lipinski definition) is 6. The fourth-order valence-corrected chi connectivity index (χ4v) is 3.71. The van der Waals surface area contributed by atoms with Gasteiger partial charge in [0.2, 0.25) is 5.90 Å². The Labute approximate surface area is 207 Å². The summed E-state index contributed by atoms with van der Waals surface area (Å²) in [6.07, 6.45) is 1.65. The zero-order chi connectivity index (χ0) is 24.9. The summed E-state index contributed by atoms with van der Waals surface area (Å²) in [6, 6.07) is 31.1. The summed E-state index contributed by atoms with van der Waals surface area (Å²) in [5.41, 5.74) is 4.57. The lowest BCUT2D eigenvalue weighted by molar-refractivity contribution is -0.384. The Morgan fingerprint density at radius 2 is 1.53 bits per heavy atom. The molecule has 0 spiro atoms. The second-order valence-electron chi connectivity index (χ2n) is 8.06. The van der Waals surface area contributed by atoms with Gasteiger partial charge in [-0.15, -0.1) is 0 Å². The van der Waals surface area contributed by atoms with E-state index >= 15 is 0 Å². The van der Waals surface area contributed by atoms with Crippen LogP contribution < -0.4 is 4.74 Å². The average Bonchev–Trinajstić information content (AvgIpc) is 3.29. The lowest BCUT2D eigenvalue weighted by Gasteiger charge is -2.06. The molecule has 0 radical (unpaired) electrons. The number of benzene rings is 4. The molecule has 0 bridgehead atoms. The van der Waals surface area contributed by atoms with Gasteiger partial charge in [0.05, 0.1) is 4.92 Å². The van der Waals surface area contributed by atoms with E-state index in [1.165, 1.54) is 12.1 Å². The Kier molecular flexibility index (Phi) is 6.36. The van der Waals surface area contributed by atoms with Crippen molar-refractivity contribution in [3.63, 3.8) is 0 Å². The molecule has 0 aromatic heterocycles. The first-order valence-corrected chi connectivity index (χ1v) is 11.2. The van der Waals surface area contributed by atoms with Crippen molar-refractivity contribution >= 4 is 23.6 Å². The zero-order valence-electron chi connectivity index (χ0n) is 19.0. The minimum Gasteiger partial charge on any atom is -0.489 e. The second kappa shape index (κ2) is 10.1. The predicted octanol–water partition coefficient (Wildman–Crippen LogP) is 6.19. The Morgan fingerprint density at radius 3 is 2.25 bits per heavy atom. The fraction of sp³-hybridized carbons (Fsp3) is 0.0345. The number of carbonyl (C=O) groups is 1. The third kappa shape index (κ3) is 5.20. The maximum Gasteiger partial charge on any atom is 0.363 e. The molecule has 0 atom stereocenters. The minimum atomic E-state index is -0.511. The maximum atomic E-state index is 12.4. The molecule has 7 heteroatoms. The maximum absolute atomic E-state index is 12.4. The lowest BCUT2D eigenvalue weighted by atomic mass is 10.0. The van der Waals surface area contributed by atoms with Gasteiger partial charge in [0.25, 0.3) is 5.69 Å². The number of nitro groups is 1. The van der Waals surface area contributed by atoms with E-state index in [0.717, 1.165) is 22.3 Å². The monoisotopic (exact) mass is 476 g/mol. The van der Waals surface area contributed by atoms with Gasteiger partial charge in [0.1, 0.15) is 12.4 Å². The summed E-state index contributed by atoms with van der Waals surface area (Å²) in [5, 5.41) is 10.9. The van der Waals surface area contributed by atoms with Crippen molar-refractivity contribution in [2.24, 2.45) is 4.99 Å². The molecule has 0 fully saturated rings. The van der Waals surface area contributed by atoms with E-state index in [9.17, 15) is 14.9 Å². The summed E-state index contributed by atoms with van der Waals surface area (Å²) < 4.78 is 11.1. The smallest absolute Gasteiger partial charge is 0.363 e. The minimum absolute atomic E-state index is 0.0218. The first-order chi connectivity index (χ1) is 17.5. The number of carbonyl (C=O) groups excluding carboxylic acids is 1. The van der Waals surface area contributed by atoms with Gasteiger partial charge >= 0.3 is 5.97 Å². The van der Waals surface area contributed by atoms with Crippen LogP contribution in [0.15, 0.2) is 114 Å². The van der Waals surface area contributed by atoms with Gasteiger partial charge in [0.15, 0.2) is 5.70 Å². The Morgan fingerprint density at radius 1 is 0.833 bits per heavy atom. The van der Waals surface area contributed by atoms with Crippen molar-refractivity contribution in [3.05, 3.63) is 136 Å². The summed E-state index contributed by atoms with van der Waals surface area (Å²) in [4.78, 5) is 27.2. The van der Waals surface area contributed by atoms with E-state index in [2.05, 4.69) is 4.99 Å². The Balaban J connectivity index is 1.26. The van der Waals surface area contributed by atoms with Gasteiger partial charge in [-0.3, -0.25) is 10.1 Å². The van der Waals surface area contributed by atoms with Crippen LogP contribution in [-0.4, -0.2) is 16.8 Å². The van der Waals surface area contributed by atoms with Gasteiger partial charge in [-0.2, -0.15) is 0 Å². The van der Waals surface area contributed by atoms with E-state index in [1.54, 1.807) is 42.5 Å². The van der Waals surface area contributed by atoms with Crippen LogP contribution in [-0.2, 0) is 16.1 Å². The van der Waals surface area contributed by atoms with E-state index in [0.29, 0.717) is 11.3 Å². The average molecular weight is 476 g/mol. The highest BCUT2D eigenvalue weighted by Crippen LogP contribution is 2.24. The molecule has 1 aliphatic heterocycles. The van der Waals surface area contributed by atoms with Gasteiger partial charge < -0.3 is 9.47 Å². The quantitative estimate of drug-likeness (QED) is 0.137. The van der Waals surface area contributed by atoms with Crippen LogP contribution >= 0.6 is 0 Å².